The molecule has 0 spiro atoms. The Kier molecular flexibility index (Phi) is 7.11. The zero-order chi connectivity index (χ0) is 14.3. The van der Waals surface area contributed by atoms with Crippen LogP contribution in [0.15, 0.2) is 24.3 Å². The third-order valence-corrected chi connectivity index (χ3v) is 3.80. The smallest absolute Gasteiger partial charge is 0.0236 e. The van der Waals surface area contributed by atoms with E-state index in [-0.39, 0.29) is 0 Å². The highest BCUT2D eigenvalue weighted by Crippen LogP contribution is 2.15. The third-order valence-electron chi connectivity index (χ3n) is 3.80. The van der Waals surface area contributed by atoms with Gasteiger partial charge in [0, 0.05) is 25.2 Å². The van der Waals surface area contributed by atoms with Gasteiger partial charge in [0.2, 0.25) is 0 Å². The molecule has 0 fully saturated rings. The van der Waals surface area contributed by atoms with Crippen LogP contribution in [0.4, 0.5) is 0 Å². The van der Waals surface area contributed by atoms with Gasteiger partial charge in [-0.1, -0.05) is 52.0 Å². The van der Waals surface area contributed by atoms with Crippen molar-refractivity contribution in [2.75, 3.05) is 7.05 Å². The average Bonchev–Trinajstić information content (AvgIpc) is 2.39. The molecule has 2 heteroatoms. The van der Waals surface area contributed by atoms with Crippen LogP contribution >= 0.6 is 0 Å². The van der Waals surface area contributed by atoms with Crippen molar-refractivity contribution < 1.29 is 0 Å². The minimum Gasteiger partial charge on any atom is -0.310 e. The van der Waals surface area contributed by atoms with Gasteiger partial charge in [-0.25, -0.2) is 0 Å². The van der Waals surface area contributed by atoms with Crippen LogP contribution in [0.25, 0.3) is 0 Å². The Labute approximate surface area is 119 Å². The summed E-state index contributed by atoms with van der Waals surface area (Å²) in [5.74, 6) is 0. The number of nitrogens with one attached hydrogen (secondary N) is 1. The normalized spacial score (nSPS) is 11.8. The summed E-state index contributed by atoms with van der Waals surface area (Å²) in [7, 11) is 2.24. The van der Waals surface area contributed by atoms with Gasteiger partial charge in [0.1, 0.15) is 0 Å². The molecule has 1 rings (SSSR count). The summed E-state index contributed by atoms with van der Waals surface area (Å²) in [5.41, 5.74) is 2.87. The van der Waals surface area contributed by atoms with Crippen molar-refractivity contribution in [2.24, 2.45) is 0 Å². The van der Waals surface area contributed by atoms with E-state index in [2.05, 4.69) is 69.2 Å². The predicted molar refractivity (Wildman–Crippen MR) is 84.3 cm³/mol. The van der Waals surface area contributed by atoms with Crippen molar-refractivity contribution in [3.05, 3.63) is 35.4 Å². The van der Waals surface area contributed by atoms with Gasteiger partial charge in [0.15, 0.2) is 0 Å². The summed E-state index contributed by atoms with van der Waals surface area (Å²) >= 11 is 0. The Hall–Kier alpha value is -0.860. The minimum absolute atomic E-state index is 0.532. The van der Waals surface area contributed by atoms with E-state index < -0.39 is 0 Å². The van der Waals surface area contributed by atoms with E-state index in [0.29, 0.717) is 12.1 Å². The Morgan fingerprint density at radius 3 is 2.16 bits per heavy atom. The van der Waals surface area contributed by atoms with E-state index in [9.17, 15) is 0 Å². The first-order chi connectivity index (χ1) is 9.08. The zero-order valence-corrected chi connectivity index (χ0v) is 13.2. The van der Waals surface area contributed by atoms with E-state index in [1.165, 1.54) is 24.0 Å². The van der Waals surface area contributed by atoms with Crippen molar-refractivity contribution >= 4 is 0 Å². The largest absolute Gasteiger partial charge is 0.310 e. The third kappa shape index (κ3) is 5.33. The topological polar surface area (TPSA) is 15.3 Å². The van der Waals surface area contributed by atoms with Crippen molar-refractivity contribution in [1.29, 1.82) is 0 Å². The lowest BCUT2D eigenvalue weighted by Crippen LogP contribution is -2.31. The molecule has 0 saturated carbocycles. The molecule has 0 amide bonds. The van der Waals surface area contributed by atoms with Crippen LogP contribution in [-0.2, 0) is 13.1 Å². The van der Waals surface area contributed by atoms with Gasteiger partial charge in [0.05, 0.1) is 0 Å². The fourth-order valence-electron chi connectivity index (χ4n) is 2.51. The first-order valence-electron chi connectivity index (χ1n) is 7.58. The molecule has 0 aliphatic heterocycles. The summed E-state index contributed by atoms with van der Waals surface area (Å²) < 4.78 is 0. The van der Waals surface area contributed by atoms with Crippen LogP contribution in [0.2, 0.25) is 0 Å². The van der Waals surface area contributed by atoms with E-state index >= 15 is 0 Å². The van der Waals surface area contributed by atoms with Crippen LogP contribution in [0.3, 0.4) is 0 Å². The molecule has 0 atom stereocenters. The van der Waals surface area contributed by atoms with E-state index in [4.69, 9.17) is 0 Å². The lowest BCUT2D eigenvalue weighted by atomic mass is 10.0. The highest BCUT2D eigenvalue weighted by Gasteiger charge is 2.12. The van der Waals surface area contributed by atoms with Gasteiger partial charge < -0.3 is 5.32 Å². The second-order valence-corrected chi connectivity index (χ2v) is 5.69. The standard InChI is InChI=1S/C17H30N2/c1-6-17(7-2)19(5)13-16-11-9-8-10-15(16)12-18-14(3)4/h8-11,14,17-18H,6-7,12-13H2,1-5H3. The first-order valence-corrected chi connectivity index (χ1v) is 7.58. The second kappa shape index (κ2) is 8.34. The maximum atomic E-state index is 3.51. The molecule has 0 heterocycles. The predicted octanol–water partition coefficient (Wildman–Crippen LogP) is 3.81. The highest BCUT2D eigenvalue weighted by atomic mass is 15.1. The van der Waals surface area contributed by atoms with Crippen LogP contribution in [-0.4, -0.2) is 24.0 Å². The molecular formula is C17H30N2. The summed E-state index contributed by atoms with van der Waals surface area (Å²) in [6.07, 6.45) is 2.44. The maximum absolute atomic E-state index is 3.51. The maximum Gasteiger partial charge on any atom is 0.0236 e. The second-order valence-electron chi connectivity index (χ2n) is 5.69. The number of hydrogen-bond acceptors (Lipinski definition) is 2. The highest BCUT2D eigenvalue weighted by molar-refractivity contribution is 5.27. The quantitative estimate of drug-likeness (QED) is 0.766. The minimum atomic E-state index is 0.532. The number of hydrogen-bond donors (Lipinski definition) is 1. The summed E-state index contributed by atoms with van der Waals surface area (Å²) in [6, 6.07) is 10.0. The molecule has 0 aliphatic rings. The number of rotatable bonds is 8. The van der Waals surface area contributed by atoms with Gasteiger partial charge in [0.25, 0.3) is 0 Å². The zero-order valence-electron chi connectivity index (χ0n) is 13.2. The molecule has 0 aromatic heterocycles. The summed E-state index contributed by atoms with van der Waals surface area (Å²) in [5, 5.41) is 3.51. The summed E-state index contributed by atoms with van der Waals surface area (Å²) in [4.78, 5) is 2.48. The Morgan fingerprint density at radius 1 is 1.05 bits per heavy atom. The average molecular weight is 262 g/mol. The van der Waals surface area contributed by atoms with E-state index in [1.54, 1.807) is 0 Å². The molecule has 2 nitrogen and oxygen atoms in total. The van der Waals surface area contributed by atoms with Crippen LogP contribution in [0.5, 0.6) is 0 Å². The van der Waals surface area contributed by atoms with Crippen LogP contribution in [0.1, 0.15) is 51.7 Å². The molecule has 1 aromatic carbocycles. The molecule has 1 N–H and O–H groups in total. The molecular weight excluding hydrogens is 232 g/mol. The molecule has 0 aliphatic carbocycles. The fraction of sp³-hybridized carbons (Fsp3) is 0.647. The molecule has 108 valence electrons. The summed E-state index contributed by atoms with van der Waals surface area (Å²) in [6.45, 7) is 10.9. The lowest BCUT2D eigenvalue weighted by Gasteiger charge is -2.27. The number of nitrogens with zero attached hydrogens (tertiary/aromatic N) is 1. The Balaban J connectivity index is 2.71. The van der Waals surface area contributed by atoms with Gasteiger partial charge in [-0.3, -0.25) is 4.90 Å². The molecule has 0 bridgehead atoms. The van der Waals surface area contributed by atoms with Gasteiger partial charge in [-0.2, -0.15) is 0 Å². The first kappa shape index (κ1) is 16.2. The SMILES string of the molecule is CCC(CC)N(C)Cc1ccccc1CNC(C)C. The Morgan fingerprint density at radius 2 is 1.63 bits per heavy atom. The van der Waals surface area contributed by atoms with Crippen molar-refractivity contribution in [1.82, 2.24) is 10.2 Å². The van der Waals surface area contributed by atoms with Crippen molar-refractivity contribution in [2.45, 2.75) is 65.7 Å². The van der Waals surface area contributed by atoms with Crippen molar-refractivity contribution in [3.63, 3.8) is 0 Å². The van der Waals surface area contributed by atoms with Crippen LogP contribution < -0.4 is 5.32 Å². The van der Waals surface area contributed by atoms with Gasteiger partial charge in [-0.15, -0.1) is 0 Å². The molecule has 0 radical (unpaired) electrons. The Bertz CT molecular complexity index is 356. The van der Waals surface area contributed by atoms with Crippen molar-refractivity contribution in [3.8, 4) is 0 Å². The molecule has 1 aromatic rings. The lowest BCUT2D eigenvalue weighted by molar-refractivity contribution is 0.221. The van der Waals surface area contributed by atoms with E-state index in [0.717, 1.165) is 13.1 Å². The molecule has 0 unspecified atom stereocenters. The molecule has 0 saturated heterocycles. The van der Waals surface area contributed by atoms with Gasteiger partial charge in [-0.05, 0) is 31.0 Å². The van der Waals surface area contributed by atoms with E-state index in [1.807, 2.05) is 0 Å². The number of benzene rings is 1. The fourth-order valence-corrected chi connectivity index (χ4v) is 2.51. The monoisotopic (exact) mass is 262 g/mol. The van der Waals surface area contributed by atoms with Crippen LogP contribution in [0, 0.1) is 0 Å². The van der Waals surface area contributed by atoms with Gasteiger partial charge >= 0.3 is 0 Å². The molecule has 19 heavy (non-hydrogen) atoms.